The number of nitrogens with zero attached hydrogens (tertiary/aromatic N) is 3. The van der Waals surface area contributed by atoms with Gasteiger partial charge in [0, 0.05) is 51.8 Å². The molecule has 5 rings (SSSR count). The number of amides is 2. The first-order valence-corrected chi connectivity index (χ1v) is 11.7. The van der Waals surface area contributed by atoms with Gasteiger partial charge in [-0.05, 0) is 35.2 Å². The maximum absolute atomic E-state index is 14.1. The first-order chi connectivity index (χ1) is 15.9. The van der Waals surface area contributed by atoms with Crippen LogP contribution in [0.4, 0.5) is 14.5 Å². The Bertz CT molecular complexity index is 1090. The van der Waals surface area contributed by atoms with Crippen LogP contribution in [0.2, 0.25) is 0 Å². The molecule has 2 aromatic rings. The fourth-order valence-electron chi connectivity index (χ4n) is 5.08. The predicted octanol–water partition coefficient (Wildman–Crippen LogP) is 2.84. The number of piperazine rings is 1. The third kappa shape index (κ3) is 4.37. The average molecular weight is 473 g/mol. The lowest BCUT2D eigenvalue weighted by Crippen LogP contribution is -2.51. The second-order valence-electron chi connectivity index (χ2n) is 8.86. The molecule has 6 nitrogen and oxygen atoms in total. The minimum atomic E-state index is -0.435. The smallest absolute Gasteiger partial charge is 0.243 e. The zero-order valence-electron chi connectivity index (χ0n) is 18.1. The lowest BCUT2D eigenvalue weighted by Gasteiger charge is -2.36. The molecule has 2 aromatic carbocycles. The van der Waals surface area contributed by atoms with Crippen molar-refractivity contribution in [1.29, 1.82) is 0 Å². The summed E-state index contributed by atoms with van der Waals surface area (Å²) >= 11 is 4.80. The molecule has 3 aliphatic rings. The summed E-state index contributed by atoms with van der Waals surface area (Å²) in [5, 5.41) is 2.24. The van der Waals surface area contributed by atoms with Gasteiger partial charge in [-0.2, -0.15) is 12.6 Å². The Hall–Kier alpha value is -2.49. The Balaban J connectivity index is 1.26. The Morgan fingerprint density at radius 2 is 1.85 bits per heavy atom. The van der Waals surface area contributed by atoms with Gasteiger partial charge in [-0.25, -0.2) is 8.78 Å². The summed E-state index contributed by atoms with van der Waals surface area (Å²) < 4.78 is 27.7. The third-order valence-corrected chi connectivity index (χ3v) is 7.44. The summed E-state index contributed by atoms with van der Waals surface area (Å²) in [7, 11) is 0. The molecule has 1 N–H and O–H groups in total. The second-order valence-corrected chi connectivity index (χ2v) is 9.35. The molecule has 174 valence electrons. The third-order valence-electron chi connectivity index (χ3n) is 6.87. The molecule has 2 fully saturated rings. The van der Waals surface area contributed by atoms with E-state index in [2.05, 4.69) is 21.2 Å². The summed E-state index contributed by atoms with van der Waals surface area (Å²) in [5.41, 5.74) is 3.78. The Morgan fingerprint density at radius 3 is 2.61 bits per heavy atom. The van der Waals surface area contributed by atoms with Crippen LogP contribution >= 0.6 is 12.6 Å². The molecule has 2 amide bonds. The maximum atomic E-state index is 14.1. The van der Waals surface area contributed by atoms with E-state index in [-0.39, 0.29) is 23.2 Å². The molecule has 3 aliphatic heterocycles. The number of benzene rings is 2. The van der Waals surface area contributed by atoms with Crippen LogP contribution in [-0.2, 0) is 22.7 Å². The minimum absolute atomic E-state index is 0.197. The Kier molecular flexibility index (Phi) is 6.11. The minimum Gasteiger partial charge on any atom is -0.367 e. The van der Waals surface area contributed by atoms with Gasteiger partial charge in [0.15, 0.2) is 0 Å². The van der Waals surface area contributed by atoms with Crippen molar-refractivity contribution in [3.8, 4) is 0 Å². The molecule has 2 atom stereocenters. The number of hydrogen-bond acceptors (Lipinski definition) is 6. The van der Waals surface area contributed by atoms with Gasteiger partial charge in [-0.15, -0.1) is 0 Å². The van der Waals surface area contributed by atoms with E-state index in [1.54, 1.807) is 0 Å². The van der Waals surface area contributed by atoms with E-state index in [4.69, 9.17) is 12.6 Å². The van der Waals surface area contributed by atoms with Gasteiger partial charge in [0.2, 0.25) is 11.8 Å². The van der Waals surface area contributed by atoms with Crippen LogP contribution in [0.25, 0.3) is 0 Å². The average Bonchev–Trinajstić information content (AvgIpc) is 3.13. The highest BCUT2D eigenvalue weighted by molar-refractivity contribution is 7.80. The highest BCUT2D eigenvalue weighted by Gasteiger charge is 2.39. The molecular weight excluding hydrogens is 446 g/mol. The molecule has 33 heavy (non-hydrogen) atoms. The molecule has 2 saturated heterocycles. The number of halogens is 2. The van der Waals surface area contributed by atoms with Crippen molar-refractivity contribution in [2.24, 2.45) is 0 Å². The van der Waals surface area contributed by atoms with E-state index >= 15 is 0 Å². The van der Waals surface area contributed by atoms with Crippen molar-refractivity contribution < 1.29 is 18.4 Å². The SMILES string of the molecule is O=C1CCC(N2Cc3c(CN4CCN(c5cc(F)ccc5F)CC4)cccc3C2S)C(=O)N1. The first kappa shape index (κ1) is 22.3. The summed E-state index contributed by atoms with van der Waals surface area (Å²) in [6.07, 6.45) is 0.844. The fourth-order valence-corrected chi connectivity index (χ4v) is 5.56. The van der Waals surface area contributed by atoms with E-state index in [0.717, 1.165) is 31.3 Å². The zero-order valence-corrected chi connectivity index (χ0v) is 19.0. The number of rotatable bonds is 4. The highest BCUT2D eigenvalue weighted by Crippen LogP contribution is 2.41. The summed E-state index contributed by atoms with van der Waals surface area (Å²) in [6, 6.07) is 9.37. The molecule has 0 aliphatic carbocycles. The zero-order chi connectivity index (χ0) is 23.1. The van der Waals surface area contributed by atoms with Crippen LogP contribution in [0.3, 0.4) is 0 Å². The number of hydrogen-bond donors (Lipinski definition) is 2. The van der Waals surface area contributed by atoms with Crippen molar-refractivity contribution in [2.45, 2.75) is 37.3 Å². The molecule has 0 radical (unpaired) electrons. The van der Waals surface area contributed by atoms with Gasteiger partial charge in [0.25, 0.3) is 0 Å². The maximum Gasteiger partial charge on any atom is 0.243 e. The Labute approximate surface area is 196 Å². The van der Waals surface area contributed by atoms with E-state index in [1.807, 2.05) is 17.0 Å². The molecule has 0 aromatic heterocycles. The van der Waals surface area contributed by atoms with Gasteiger partial charge in [-0.3, -0.25) is 24.7 Å². The van der Waals surface area contributed by atoms with Crippen molar-refractivity contribution in [1.82, 2.24) is 15.1 Å². The van der Waals surface area contributed by atoms with E-state index < -0.39 is 11.6 Å². The first-order valence-electron chi connectivity index (χ1n) is 11.2. The molecule has 2 unspecified atom stereocenters. The largest absolute Gasteiger partial charge is 0.367 e. The summed E-state index contributed by atoms with van der Waals surface area (Å²) in [6.45, 7) is 4.06. The van der Waals surface area contributed by atoms with E-state index in [1.165, 1.54) is 23.3 Å². The number of nitrogens with one attached hydrogen (secondary N) is 1. The van der Waals surface area contributed by atoms with Crippen molar-refractivity contribution in [3.05, 3.63) is 64.7 Å². The van der Waals surface area contributed by atoms with Crippen molar-refractivity contribution in [2.75, 3.05) is 31.1 Å². The number of imide groups is 1. The van der Waals surface area contributed by atoms with Crippen LogP contribution in [0, 0.1) is 11.6 Å². The monoisotopic (exact) mass is 472 g/mol. The number of carbonyl (C=O) groups is 2. The number of thiol groups is 1. The summed E-state index contributed by atoms with van der Waals surface area (Å²) in [5.74, 6) is -1.31. The van der Waals surface area contributed by atoms with Crippen LogP contribution in [0.15, 0.2) is 36.4 Å². The predicted molar refractivity (Wildman–Crippen MR) is 124 cm³/mol. The second kappa shape index (κ2) is 9.04. The van der Waals surface area contributed by atoms with Gasteiger partial charge in [0.1, 0.15) is 11.6 Å². The van der Waals surface area contributed by atoms with Crippen LogP contribution in [0.5, 0.6) is 0 Å². The van der Waals surface area contributed by atoms with Crippen LogP contribution in [-0.4, -0.2) is 53.8 Å². The van der Waals surface area contributed by atoms with Gasteiger partial charge in [-0.1, -0.05) is 18.2 Å². The van der Waals surface area contributed by atoms with Crippen molar-refractivity contribution >= 4 is 30.1 Å². The number of piperidine rings is 1. The topological polar surface area (TPSA) is 55.9 Å². The normalized spacial score (nSPS) is 24.2. The van der Waals surface area contributed by atoms with Crippen molar-refractivity contribution in [3.63, 3.8) is 0 Å². The van der Waals surface area contributed by atoms with Crippen LogP contribution < -0.4 is 10.2 Å². The lowest BCUT2D eigenvalue weighted by atomic mass is 10.0. The highest BCUT2D eigenvalue weighted by atomic mass is 32.1. The quantitative estimate of drug-likeness (QED) is 0.530. The molecule has 0 bridgehead atoms. The van der Waals surface area contributed by atoms with Gasteiger partial charge < -0.3 is 4.90 Å². The van der Waals surface area contributed by atoms with Gasteiger partial charge >= 0.3 is 0 Å². The molecule has 3 heterocycles. The standard InChI is InChI=1S/C24H26F2N4O2S/c25-16-4-5-19(26)21(12-16)29-10-8-28(9-11-29)13-15-2-1-3-17-18(15)14-30(24(17)33)20-6-7-22(31)27-23(20)32/h1-5,12,20,24,33H,6-11,13-14H2,(H,27,31,32). The lowest BCUT2D eigenvalue weighted by molar-refractivity contribution is -0.137. The Morgan fingerprint density at radius 1 is 1.06 bits per heavy atom. The molecule has 9 heteroatoms. The number of carbonyl (C=O) groups excluding carboxylic acids is 2. The number of anilines is 1. The number of fused-ring (bicyclic) bond motifs is 1. The fraction of sp³-hybridized carbons (Fsp3) is 0.417. The van der Waals surface area contributed by atoms with E-state index in [0.29, 0.717) is 38.2 Å². The van der Waals surface area contributed by atoms with E-state index in [9.17, 15) is 18.4 Å². The molecule has 0 spiro atoms. The van der Waals surface area contributed by atoms with Gasteiger partial charge in [0.05, 0.1) is 17.1 Å². The summed E-state index contributed by atoms with van der Waals surface area (Å²) in [4.78, 5) is 30.2. The molecular formula is C24H26F2N4O2S. The van der Waals surface area contributed by atoms with Crippen LogP contribution in [0.1, 0.15) is 34.9 Å². The molecule has 0 saturated carbocycles.